The lowest BCUT2D eigenvalue weighted by atomic mass is 9.88. The number of pyridine rings is 2. The molecule has 0 unspecified atom stereocenters. The number of hydrogen-bond acceptors (Lipinski definition) is 6. The first kappa shape index (κ1) is 33.1. The summed E-state index contributed by atoms with van der Waals surface area (Å²) in [4.78, 5) is 40.0. The number of rotatable bonds is 12. The van der Waals surface area contributed by atoms with E-state index in [0.717, 1.165) is 57.6 Å². The number of benzene rings is 2. The molecule has 0 radical (unpaired) electrons. The number of aromatic amines is 1. The predicted octanol–water partition coefficient (Wildman–Crippen LogP) is 7.90. The van der Waals surface area contributed by atoms with Gasteiger partial charge < -0.3 is 15.0 Å². The zero-order valence-electron chi connectivity index (χ0n) is 27.9. The van der Waals surface area contributed by atoms with Crippen molar-refractivity contribution in [3.8, 4) is 16.9 Å². The number of aryl methyl sites for hydroxylation is 1. The van der Waals surface area contributed by atoms with Crippen LogP contribution >= 0.6 is 0 Å². The SMILES string of the molecule is CC(C)=CCN(C(=O)Nc1c(C(C)C)cc(-c2cccc(OCCCn3cncn3)c2)cc1C(C)C)c1cc2cccnc2[nH]c1=O. The molecule has 3 aromatic heterocycles. The molecule has 0 atom stereocenters. The second-order valence-electron chi connectivity index (χ2n) is 12.5. The van der Waals surface area contributed by atoms with Crippen molar-refractivity contribution in [1.29, 1.82) is 0 Å². The number of aromatic nitrogens is 5. The Morgan fingerprint density at radius 1 is 1.02 bits per heavy atom. The number of fused-ring (bicyclic) bond motifs is 1. The highest BCUT2D eigenvalue weighted by Gasteiger charge is 2.24. The van der Waals surface area contributed by atoms with Crippen molar-refractivity contribution in [3.63, 3.8) is 0 Å². The third kappa shape index (κ3) is 8.13. The van der Waals surface area contributed by atoms with Gasteiger partial charge in [-0.1, -0.05) is 51.5 Å². The molecule has 0 saturated carbocycles. The first-order valence-corrected chi connectivity index (χ1v) is 16.0. The van der Waals surface area contributed by atoms with E-state index in [1.54, 1.807) is 29.3 Å². The van der Waals surface area contributed by atoms with E-state index in [0.29, 0.717) is 12.3 Å². The van der Waals surface area contributed by atoms with Crippen LogP contribution in [0.25, 0.3) is 22.2 Å². The Morgan fingerprint density at radius 2 is 1.79 bits per heavy atom. The molecule has 2 N–H and O–H groups in total. The van der Waals surface area contributed by atoms with Crippen LogP contribution in [0.4, 0.5) is 16.2 Å². The Kier molecular flexibility index (Phi) is 10.5. The van der Waals surface area contributed by atoms with Crippen LogP contribution in [0.3, 0.4) is 0 Å². The van der Waals surface area contributed by atoms with Gasteiger partial charge in [-0.15, -0.1) is 0 Å². The Labute approximate surface area is 275 Å². The van der Waals surface area contributed by atoms with Gasteiger partial charge in [0.15, 0.2) is 0 Å². The van der Waals surface area contributed by atoms with Crippen LogP contribution in [-0.4, -0.2) is 43.9 Å². The first-order chi connectivity index (χ1) is 22.6. The zero-order chi connectivity index (χ0) is 33.5. The van der Waals surface area contributed by atoms with Crippen LogP contribution in [0.5, 0.6) is 5.75 Å². The minimum absolute atomic E-state index is 0.111. The highest BCUT2D eigenvalue weighted by atomic mass is 16.5. The quantitative estimate of drug-likeness (QED) is 0.107. The third-order valence-corrected chi connectivity index (χ3v) is 7.92. The molecule has 10 nitrogen and oxygen atoms in total. The summed E-state index contributed by atoms with van der Waals surface area (Å²) in [5, 5.41) is 8.11. The van der Waals surface area contributed by atoms with E-state index in [9.17, 15) is 9.59 Å². The van der Waals surface area contributed by atoms with Gasteiger partial charge in [0.2, 0.25) is 0 Å². The van der Waals surface area contributed by atoms with Crippen LogP contribution in [0, 0.1) is 0 Å². The van der Waals surface area contributed by atoms with Crippen LogP contribution in [0.1, 0.15) is 70.9 Å². The Bertz CT molecular complexity index is 1890. The average molecular weight is 634 g/mol. The van der Waals surface area contributed by atoms with E-state index in [1.165, 1.54) is 11.2 Å². The predicted molar refractivity (Wildman–Crippen MR) is 188 cm³/mol. The van der Waals surface area contributed by atoms with Gasteiger partial charge in [0.05, 0.1) is 6.61 Å². The first-order valence-electron chi connectivity index (χ1n) is 16.0. The number of amides is 2. The Balaban J connectivity index is 1.46. The van der Waals surface area contributed by atoms with E-state index >= 15 is 0 Å². The average Bonchev–Trinajstić information content (AvgIpc) is 3.57. The van der Waals surface area contributed by atoms with Crippen molar-refractivity contribution in [3.05, 3.63) is 107 Å². The molecule has 0 aliphatic carbocycles. The molecule has 3 heterocycles. The van der Waals surface area contributed by atoms with E-state index < -0.39 is 0 Å². The fraction of sp³-hybridized carbons (Fsp3) is 0.324. The molecule has 0 aliphatic rings. The number of ether oxygens (including phenoxy) is 1. The van der Waals surface area contributed by atoms with Crippen molar-refractivity contribution in [1.82, 2.24) is 24.7 Å². The summed E-state index contributed by atoms with van der Waals surface area (Å²) in [7, 11) is 0. The molecule has 47 heavy (non-hydrogen) atoms. The maximum Gasteiger partial charge on any atom is 0.326 e. The molecule has 0 saturated heterocycles. The molecule has 0 aliphatic heterocycles. The number of H-pyrrole nitrogens is 1. The summed E-state index contributed by atoms with van der Waals surface area (Å²) >= 11 is 0. The summed E-state index contributed by atoms with van der Waals surface area (Å²) < 4.78 is 7.87. The molecule has 5 rings (SSSR count). The van der Waals surface area contributed by atoms with Crippen molar-refractivity contribution in [2.75, 3.05) is 23.4 Å². The number of anilines is 2. The highest BCUT2D eigenvalue weighted by molar-refractivity contribution is 6.04. The smallest absolute Gasteiger partial charge is 0.326 e. The number of hydrogen-bond donors (Lipinski definition) is 2. The van der Waals surface area contributed by atoms with Gasteiger partial charge in [-0.2, -0.15) is 5.10 Å². The van der Waals surface area contributed by atoms with Gasteiger partial charge in [0, 0.05) is 36.8 Å². The van der Waals surface area contributed by atoms with Crippen molar-refractivity contribution in [2.24, 2.45) is 0 Å². The second-order valence-corrected chi connectivity index (χ2v) is 12.5. The van der Waals surface area contributed by atoms with E-state index in [1.807, 2.05) is 38.1 Å². The summed E-state index contributed by atoms with van der Waals surface area (Å²) in [6.45, 7) is 14.0. The molecule has 0 spiro atoms. The van der Waals surface area contributed by atoms with Gasteiger partial charge in [0.25, 0.3) is 5.56 Å². The van der Waals surface area contributed by atoms with Crippen molar-refractivity contribution in [2.45, 2.75) is 66.3 Å². The minimum Gasteiger partial charge on any atom is -0.494 e. The molecule has 2 amide bonds. The van der Waals surface area contributed by atoms with Gasteiger partial charge in [-0.25, -0.2) is 14.8 Å². The number of nitrogens with zero attached hydrogens (tertiary/aromatic N) is 5. The van der Waals surface area contributed by atoms with E-state index in [4.69, 9.17) is 4.74 Å². The van der Waals surface area contributed by atoms with Crippen LogP contribution in [0.2, 0.25) is 0 Å². The summed E-state index contributed by atoms with van der Waals surface area (Å²) in [5.41, 5.74) is 6.26. The van der Waals surface area contributed by atoms with Crippen molar-refractivity contribution >= 4 is 28.4 Å². The third-order valence-electron chi connectivity index (χ3n) is 7.92. The standard InChI is InChI=1S/C37H43N7O3/c1-24(2)13-16-44(33-21-28-11-8-14-39-35(28)42-36(33)45)37(46)41-34-31(25(3)4)19-29(20-32(34)26(5)6)27-10-7-12-30(18-27)47-17-9-15-43-23-38-22-40-43/h7-8,10-14,18-23,25-26H,9,15-17H2,1-6H3,(H,41,46)(H,39,42,45). The molecule has 244 valence electrons. The van der Waals surface area contributed by atoms with Crippen LogP contribution in [0.15, 0.2) is 89.9 Å². The van der Waals surface area contributed by atoms with Crippen LogP contribution < -0.4 is 20.5 Å². The lowest BCUT2D eigenvalue weighted by Gasteiger charge is -2.26. The molecular formula is C37H43N7O3. The lowest BCUT2D eigenvalue weighted by Crippen LogP contribution is -2.39. The number of nitrogens with one attached hydrogen (secondary N) is 2. The van der Waals surface area contributed by atoms with E-state index in [-0.39, 0.29) is 35.7 Å². The summed E-state index contributed by atoms with van der Waals surface area (Å²) in [6.07, 6.45) is 7.60. The van der Waals surface area contributed by atoms with Gasteiger partial charge in [-0.05, 0) is 90.4 Å². The van der Waals surface area contributed by atoms with E-state index in [2.05, 4.69) is 77.3 Å². The fourth-order valence-electron chi connectivity index (χ4n) is 5.40. The molecular weight excluding hydrogens is 590 g/mol. The molecule has 2 aromatic carbocycles. The minimum atomic E-state index is -0.380. The molecule has 5 aromatic rings. The normalized spacial score (nSPS) is 11.2. The zero-order valence-corrected chi connectivity index (χ0v) is 27.9. The monoisotopic (exact) mass is 633 g/mol. The molecule has 0 fully saturated rings. The summed E-state index contributed by atoms with van der Waals surface area (Å²) in [6, 6.07) is 17.4. The lowest BCUT2D eigenvalue weighted by molar-refractivity contribution is 0.257. The van der Waals surface area contributed by atoms with Crippen molar-refractivity contribution < 1.29 is 9.53 Å². The summed E-state index contributed by atoms with van der Waals surface area (Å²) in [5.74, 6) is 1.02. The number of carbonyl (C=O) groups excluding carboxylic acids is 1. The molecule has 0 bridgehead atoms. The number of urea groups is 1. The van der Waals surface area contributed by atoms with Gasteiger partial charge in [-0.3, -0.25) is 14.4 Å². The highest BCUT2D eigenvalue weighted by Crippen LogP contribution is 2.38. The van der Waals surface area contributed by atoms with Gasteiger partial charge >= 0.3 is 6.03 Å². The fourth-order valence-corrected chi connectivity index (χ4v) is 5.40. The largest absolute Gasteiger partial charge is 0.494 e. The Morgan fingerprint density at radius 3 is 2.47 bits per heavy atom. The maximum absolute atomic E-state index is 14.2. The van der Waals surface area contributed by atoms with Gasteiger partial charge in [0.1, 0.15) is 29.7 Å². The number of allylic oxidation sites excluding steroid dienone is 1. The Hall–Kier alpha value is -5.25. The number of carbonyl (C=O) groups is 1. The maximum atomic E-state index is 14.2. The topological polar surface area (TPSA) is 118 Å². The van der Waals surface area contributed by atoms with Crippen LogP contribution in [-0.2, 0) is 6.54 Å². The molecule has 10 heteroatoms. The second kappa shape index (κ2) is 14.9.